The van der Waals surface area contributed by atoms with Crippen LogP contribution in [0, 0.1) is 17.2 Å². The fraction of sp³-hybridized carbons (Fsp3) is 0.500. The SMILES string of the molecule is C[C@@H]1CCC[NH+]([C@@H](C)C(=O)Nc2ccc(C#N)cc2)C1. The zero-order valence-corrected chi connectivity index (χ0v) is 12.1. The Kier molecular flexibility index (Phi) is 4.75. The Bertz CT molecular complexity index is 503. The third-order valence-corrected chi connectivity index (χ3v) is 4.09. The Balaban J connectivity index is 1.94. The number of benzene rings is 1. The summed E-state index contributed by atoms with van der Waals surface area (Å²) in [5.74, 6) is 0.753. The molecule has 0 saturated carbocycles. The average molecular weight is 272 g/mol. The predicted molar refractivity (Wildman–Crippen MR) is 78.3 cm³/mol. The molecule has 1 aromatic carbocycles. The highest BCUT2D eigenvalue weighted by molar-refractivity contribution is 5.93. The summed E-state index contributed by atoms with van der Waals surface area (Å²) in [6.07, 6.45) is 2.47. The van der Waals surface area contributed by atoms with E-state index in [0.29, 0.717) is 11.5 Å². The van der Waals surface area contributed by atoms with Gasteiger partial charge in [-0.05, 0) is 44.0 Å². The molecule has 3 atom stereocenters. The van der Waals surface area contributed by atoms with Crippen LogP contribution in [0.1, 0.15) is 32.3 Å². The first-order valence-corrected chi connectivity index (χ1v) is 7.25. The second-order valence-electron chi connectivity index (χ2n) is 5.76. The van der Waals surface area contributed by atoms with Crippen molar-refractivity contribution in [3.63, 3.8) is 0 Å². The quantitative estimate of drug-likeness (QED) is 0.868. The van der Waals surface area contributed by atoms with Crippen LogP contribution in [-0.4, -0.2) is 25.0 Å². The molecule has 1 heterocycles. The molecule has 4 nitrogen and oxygen atoms in total. The summed E-state index contributed by atoms with van der Waals surface area (Å²) < 4.78 is 0. The maximum atomic E-state index is 12.3. The average Bonchev–Trinajstić information content (AvgIpc) is 2.47. The monoisotopic (exact) mass is 272 g/mol. The molecule has 2 rings (SSSR count). The fourth-order valence-corrected chi connectivity index (χ4v) is 2.79. The van der Waals surface area contributed by atoms with Gasteiger partial charge in [-0.15, -0.1) is 0 Å². The number of carbonyl (C=O) groups is 1. The lowest BCUT2D eigenvalue weighted by atomic mass is 9.99. The molecule has 0 radical (unpaired) electrons. The summed E-state index contributed by atoms with van der Waals surface area (Å²) in [7, 11) is 0. The van der Waals surface area contributed by atoms with Crippen molar-refractivity contribution in [1.82, 2.24) is 0 Å². The van der Waals surface area contributed by atoms with E-state index < -0.39 is 0 Å². The van der Waals surface area contributed by atoms with Crippen molar-refractivity contribution in [2.45, 2.75) is 32.7 Å². The first-order valence-electron chi connectivity index (χ1n) is 7.25. The molecule has 0 aromatic heterocycles. The van der Waals surface area contributed by atoms with E-state index in [4.69, 9.17) is 5.26 Å². The summed E-state index contributed by atoms with van der Waals surface area (Å²) >= 11 is 0. The number of piperidine rings is 1. The van der Waals surface area contributed by atoms with Crippen LogP contribution in [0.15, 0.2) is 24.3 Å². The number of nitrogens with zero attached hydrogens (tertiary/aromatic N) is 1. The third-order valence-electron chi connectivity index (χ3n) is 4.09. The third kappa shape index (κ3) is 3.58. The van der Waals surface area contributed by atoms with Gasteiger partial charge in [-0.1, -0.05) is 6.92 Å². The van der Waals surface area contributed by atoms with E-state index in [0.717, 1.165) is 18.8 Å². The van der Waals surface area contributed by atoms with Gasteiger partial charge >= 0.3 is 0 Å². The highest BCUT2D eigenvalue weighted by Gasteiger charge is 2.29. The van der Waals surface area contributed by atoms with Gasteiger partial charge in [0, 0.05) is 11.6 Å². The van der Waals surface area contributed by atoms with Crippen molar-refractivity contribution < 1.29 is 9.69 Å². The molecule has 1 unspecified atom stereocenters. The maximum Gasteiger partial charge on any atom is 0.282 e. The summed E-state index contributed by atoms with van der Waals surface area (Å²) in [4.78, 5) is 13.6. The van der Waals surface area contributed by atoms with E-state index in [1.54, 1.807) is 24.3 Å². The van der Waals surface area contributed by atoms with Crippen molar-refractivity contribution in [3.8, 4) is 6.07 Å². The van der Waals surface area contributed by atoms with Crippen LogP contribution in [0.2, 0.25) is 0 Å². The molecular formula is C16H22N3O+. The molecule has 1 aromatic rings. The van der Waals surface area contributed by atoms with E-state index in [1.165, 1.54) is 17.7 Å². The lowest BCUT2D eigenvalue weighted by Crippen LogP contribution is -3.17. The summed E-state index contributed by atoms with van der Waals surface area (Å²) in [5.41, 5.74) is 1.36. The van der Waals surface area contributed by atoms with Crippen LogP contribution >= 0.6 is 0 Å². The minimum atomic E-state index is -0.0339. The minimum Gasteiger partial charge on any atom is -0.325 e. The van der Waals surface area contributed by atoms with Crippen LogP contribution in [0.25, 0.3) is 0 Å². The Morgan fingerprint density at radius 3 is 2.75 bits per heavy atom. The topological polar surface area (TPSA) is 57.3 Å². The van der Waals surface area contributed by atoms with Crippen LogP contribution in [0.3, 0.4) is 0 Å². The van der Waals surface area contributed by atoms with Gasteiger partial charge in [-0.3, -0.25) is 4.79 Å². The first kappa shape index (κ1) is 14.5. The van der Waals surface area contributed by atoms with Gasteiger partial charge in [-0.2, -0.15) is 5.26 Å². The number of nitrogens with one attached hydrogen (secondary N) is 2. The molecule has 2 N–H and O–H groups in total. The molecular weight excluding hydrogens is 250 g/mol. The second kappa shape index (κ2) is 6.53. The van der Waals surface area contributed by atoms with Gasteiger partial charge in [-0.25, -0.2) is 0 Å². The van der Waals surface area contributed by atoms with Crippen LogP contribution in [0.5, 0.6) is 0 Å². The van der Waals surface area contributed by atoms with Gasteiger partial charge in [0.25, 0.3) is 5.91 Å². The Hall–Kier alpha value is -1.86. The van der Waals surface area contributed by atoms with Crippen LogP contribution in [-0.2, 0) is 4.79 Å². The molecule has 20 heavy (non-hydrogen) atoms. The zero-order chi connectivity index (χ0) is 14.5. The number of nitriles is 1. The zero-order valence-electron chi connectivity index (χ0n) is 12.1. The highest BCUT2D eigenvalue weighted by atomic mass is 16.2. The molecule has 4 heteroatoms. The van der Waals surface area contributed by atoms with Crippen molar-refractivity contribution in [2.75, 3.05) is 18.4 Å². The van der Waals surface area contributed by atoms with Crippen molar-refractivity contribution in [1.29, 1.82) is 5.26 Å². The molecule has 1 aliphatic rings. The Morgan fingerprint density at radius 2 is 2.15 bits per heavy atom. The van der Waals surface area contributed by atoms with Crippen LogP contribution in [0.4, 0.5) is 5.69 Å². The van der Waals surface area contributed by atoms with Crippen LogP contribution < -0.4 is 10.2 Å². The van der Waals surface area contributed by atoms with Crippen molar-refractivity contribution in [2.24, 2.45) is 5.92 Å². The maximum absolute atomic E-state index is 12.3. The van der Waals surface area contributed by atoms with Gasteiger partial charge < -0.3 is 10.2 Å². The van der Waals surface area contributed by atoms with Gasteiger partial charge in [0.15, 0.2) is 6.04 Å². The standard InChI is InChI=1S/C16H21N3O/c1-12-4-3-9-19(11-12)13(2)16(20)18-15-7-5-14(10-17)6-8-15/h5-8,12-13H,3-4,9,11H2,1-2H3,(H,18,20)/p+1/t12-,13+/m1/s1. The highest BCUT2D eigenvalue weighted by Crippen LogP contribution is 2.09. The summed E-state index contributed by atoms with van der Waals surface area (Å²) in [6, 6.07) is 9.02. The number of quaternary nitrogens is 1. The lowest BCUT2D eigenvalue weighted by Gasteiger charge is -2.31. The largest absolute Gasteiger partial charge is 0.325 e. The van der Waals surface area contributed by atoms with E-state index in [2.05, 4.69) is 18.3 Å². The normalized spacial score (nSPS) is 23.6. The second-order valence-corrected chi connectivity index (χ2v) is 5.76. The molecule has 106 valence electrons. The molecule has 0 aliphatic carbocycles. The number of hydrogen-bond donors (Lipinski definition) is 2. The Labute approximate surface area is 120 Å². The number of hydrogen-bond acceptors (Lipinski definition) is 2. The minimum absolute atomic E-state index is 0.0339. The van der Waals surface area contributed by atoms with E-state index in [1.807, 2.05) is 6.92 Å². The molecule has 1 aliphatic heterocycles. The van der Waals surface area contributed by atoms with E-state index in [-0.39, 0.29) is 11.9 Å². The van der Waals surface area contributed by atoms with Crippen molar-refractivity contribution in [3.05, 3.63) is 29.8 Å². The number of carbonyl (C=O) groups excluding carboxylic acids is 1. The van der Waals surface area contributed by atoms with Crippen molar-refractivity contribution >= 4 is 11.6 Å². The lowest BCUT2D eigenvalue weighted by molar-refractivity contribution is -0.922. The van der Waals surface area contributed by atoms with E-state index in [9.17, 15) is 4.79 Å². The molecule has 0 spiro atoms. The number of rotatable bonds is 3. The number of likely N-dealkylation sites (tertiary alicyclic amines) is 1. The van der Waals surface area contributed by atoms with Gasteiger partial charge in [0.2, 0.25) is 0 Å². The number of amides is 1. The fourth-order valence-electron chi connectivity index (χ4n) is 2.79. The smallest absolute Gasteiger partial charge is 0.282 e. The van der Waals surface area contributed by atoms with E-state index >= 15 is 0 Å². The number of anilines is 1. The Morgan fingerprint density at radius 1 is 1.45 bits per heavy atom. The first-order chi connectivity index (χ1) is 9.60. The summed E-state index contributed by atoms with van der Waals surface area (Å²) in [6.45, 7) is 6.39. The molecule has 1 amide bonds. The van der Waals surface area contributed by atoms with Gasteiger partial charge in [0.1, 0.15) is 0 Å². The van der Waals surface area contributed by atoms with Gasteiger partial charge in [0.05, 0.1) is 24.7 Å². The molecule has 1 saturated heterocycles. The predicted octanol–water partition coefficient (Wildman–Crippen LogP) is 1.20. The summed E-state index contributed by atoms with van der Waals surface area (Å²) in [5, 5.41) is 11.7. The molecule has 1 fully saturated rings. The molecule has 0 bridgehead atoms.